The van der Waals surface area contributed by atoms with Crippen LogP contribution in [0.2, 0.25) is 10.0 Å². The van der Waals surface area contributed by atoms with E-state index in [-0.39, 0.29) is 32.7 Å². The van der Waals surface area contributed by atoms with Crippen LogP contribution in [0.25, 0.3) is 0 Å². The molecule has 1 heterocycles. The molecule has 29 heavy (non-hydrogen) atoms. The minimum Gasteiger partial charge on any atom is -0.409 e. The van der Waals surface area contributed by atoms with E-state index in [0.29, 0.717) is 26.3 Å². The Morgan fingerprint density at radius 3 is 2.52 bits per heavy atom. The highest BCUT2D eigenvalue weighted by Crippen LogP contribution is 2.29. The lowest BCUT2D eigenvalue weighted by molar-refractivity contribution is -0.384. The van der Waals surface area contributed by atoms with Crippen LogP contribution in [-0.4, -0.2) is 48.1 Å². The lowest BCUT2D eigenvalue weighted by Gasteiger charge is -2.26. The summed E-state index contributed by atoms with van der Waals surface area (Å²) in [5, 5.41) is 13.6. The number of halogens is 2. The number of anilines is 1. The van der Waals surface area contributed by atoms with Crippen LogP contribution >= 0.6 is 23.2 Å². The summed E-state index contributed by atoms with van der Waals surface area (Å²) in [6, 6.07) is 7.87. The van der Waals surface area contributed by atoms with Crippen molar-refractivity contribution in [2.45, 2.75) is 0 Å². The Hall–Kier alpha value is -2.88. The smallest absolute Gasteiger partial charge is 0.409 e. The van der Waals surface area contributed by atoms with Crippen molar-refractivity contribution in [3.05, 3.63) is 62.1 Å². The second-order valence-corrected chi connectivity index (χ2v) is 6.83. The summed E-state index contributed by atoms with van der Waals surface area (Å²) >= 11 is 12.0. The van der Waals surface area contributed by atoms with Gasteiger partial charge in [0.1, 0.15) is 5.75 Å². The third-order valence-electron chi connectivity index (χ3n) is 4.06. The van der Waals surface area contributed by atoms with Gasteiger partial charge in [0.05, 0.1) is 34.4 Å². The van der Waals surface area contributed by atoms with Crippen molar-refractivity contribution < 1.29 is 24.0 Å². The zero-order valence-electron chi connectivity index (χ0n) is 14.9. The Bertz CT molecular complexity index is 963. The van der Waals surface area contributed by atoms with E-state index in [0.717, 1.165) is 6.07 Å². The van der Waals surface area contributed by atoms with Gasteiger partial charge in [-0.1, -0.05) is 23.2 Å². The number of hydrogen-bond donors (Lipinski definition) is 1. The zero-order chi connectivity index (χ0) is 21.0. The van der Waals surface area contributed by atoms with Crippen LogP contribution in [0.1, 0.15) is 10.4 Å². The largest absolute Gasteiger partial charge is 0.415 e. The van der Waals surface area contributed by atoms with Gasteiger partial charge in [-0.3, -0.25) is 14.9 Å². The van der Waals surface area contributed by atoms with E-state index in [1.54, 1.807) is 0 Å². The third kappa shape index (κ3) is 5.14. The van der Waals surface area contributed by atoms with Gasteiger partial charge in [-0.15, -0.1) is 0 Å². The molecule has 152 valence electrons. The van der Waals surface area contributed by atoms with E-state index in [1.807, 2.05) is 0 Å². The number of hydrogen-bond acceptors (Lipinski definition) is 6. The van der Waals surface area contributed by atoms with E-state index in [9.17, 15) is 19.7 Å². The molecule has 2 amide bonds. The topological polar surface area (TPSA) is 111 Å². The first kappa shape index (κ1) is 20.8. The number of benzene rings is 2. The summed E-state index contributed by atoms with van der Waals surface area (Å²) in [4.78, 5) is 36.7. The predicted octanol–water partition coefficient (Wildman–Crippen LogP) is 3.98. The molecule has 11 heteroatoms. The Labute approximate surface area is 175 Å². The maximum Gasteiger partial charge on any atom is 0.415 e. The first-order chi connectivity index (χ1) is 13.8. The molecule has 0 atom stereocenters. The Morgan fingerprint density at radius 1 is 1.14 bits per heavy atom. The number of ether oxygens (including phenoxy) is 2. The van der Waals surface area contributed by atoms with Crippen molar-refractivity contribution in [3.63, 3.8) is 0 Å². The average molecular weight is 440 g/mol. The molecule has 2 aromatic carbocycles. The third-order valence-corrected chi connectivity index (χ3v) is 4.61. The van der Waals surface area contributed by atoms with Crippen LogP contribution in [-0.2, 0) is 4.74 Å². The molecule has 1 N–H and O–H groups in total. The number of nitrogens with zero attached hydrogens (tertiary/aromatic N) is 2. The van der Waals surface area contributed by atoms with Gasteiger partial charge in [-0.05, 0) is 24.3 Å². The zero-order valence-corrected chi connectivity index (χ0v) is 16.4. The Kier molecular flexibility index (Phi) is 6.53. The molecule has 3 rings (SSSR count). The number of non-ortho nitro benzene ring substituents is 1. The molecule has 0 unspecified atom stereocenters. The Morgan fingerprint density at radius 2 is 1.86 bits per heavy atom. The van der Waals surface area contributed by atoms with Gasteiger partial charge in [0.15, 0.2) is 0 Å². The van der Waals surface area contributed by atoms with Gasteiger partial charge in [0.25, 0.3) is 11.6 Å². The molecule has 1 aliphatic rings. The van der Waals surface area contributed by atoms with Crippen molar-refractivity contribution in [3.8, 4) is 5.75 Å². The van der Waals surface area contributed by atoms with Crippen LogP contribution in [0, 0.1) is 10.1 Å². The lowest BCUT2D eigenvalue weighted by Crippen LogP contribution is -2.42. The summed E-state index contributed by atoms with van der Waals surface area (Å²) in [5.41, 5.74) is -0.0443. The SMILES string of the molecule is O=C(Nc1ccc([N+](=O)[O-])cc1Cl)c1cc(Cl)ccc1OC(=O)N1CCOCC1. The summed E-state index contributed by atoms with van der Waals surface area (Å²) in [5.74, 6) is -0.630. The molecular formula is C18H15Cl2N3O6. The predicted molar refractivity (Wildman–Crippen MR) is 106 cm³/mol. The summed E-state index contributed by atoms with van der Waals surface area (Å²) in [7, 11) is 0. The van der Waals surface area contributed by atoms with Crippen molar-refractivity contribution in [2.24, 2.45) is 0 Å². The van der Waals surface area contributed by atoms with Gasteiger partial charge >= 0.3 is 6.09 Å². The van der Waals surface area contributed by atoms with Crippen molar-refractivity contribution >= 4 is 46.6 Å². The second-order valence-electron chi connectivity index (χ2n) is 5.98. The first-order valence-electron chi connectivity index (χ1n) is 8.44. The highest BCUT2D eigenvalue weighted by atomic mass is 35.5. The minimum absolute atomic E-state index is 0.00790. The average Bonchev–Trinajstić information content (AvgIpc) is 2.71. The van der Waals surface area contributed by atoms with Gasteiger partial charge in [-0.25, -0.2) is 4.79 Å². The van der Waals surface area contributed by atoms with E-state index in [4.69, 9.17) is 32.7 Å². The standard InChI is InChI=1S/C18H15Cl2N3O6/c19-11-1-4-16(29-18(25)22-5-7-28-8-6-22)13(9-11)17(24)21-15-3-2-12(23(26)27)10-14(15)20/h1-4,9-10H,5-8H2,(H,21,24). The van der Waals surface area contributed by atoms with Gasteiger partial charge in [0, 0.05) is 30.2 Å². The molecule has 2 aromatic rings. The maximum atomic E-state index is 12.7. The molecular weight excluding hydrogens is 425 g/mol. The van der Waals surface area contributed by atoms with Crippen LogP contribution in [0.5, 0.6) is 5.75 Å². The fraction of sp³-hybridized carbons (Fsp3) is 0.222. The highest BCUT2D eigenvalue weighted by Gasteiger charge is 2.22. The maximum absolute atomic E-state index is 12.7. The van der Waals surface area contributed by atoms with Crippen molar-refractivity contribution in [1.82, 2.24) is 4.90 Å². The summed E-state index contributed by atoms with van der Waals surface area (Å²) in [6.07, 6.45) is -0.613. The molecule has 0 spiro atoms. The molecule has 0 radical (unpaired) electrons. The van der Waals surface area contributed by atoms with Crippen LogP contribution in [0.4, 0.5) is 16.2 Å². The number of amides is 2. The fourth-order valence-electron chi connectivity index (χ4n) is 2.58. The molecule has 1 fully saturated rings. The van der Waals surface area contributed by atoms with E-state index < -0.39 is 16.9 Å². The monoisotopic (exact) mass is 439 g/mol. The Balaban J connectivity index is 1.80. The molecule has 1 saturated heterocycles. The quantitative estimate of drug-likeness (QED) is 0.569. The first-order valence-corrected chi connectivity index (χ1v) is 9.20. The normalized spacial score (nSPS) is 13.7. The summed E-state index contributed by atoms with van der Waals surface area (Å²) < 4.78 is 10.6. The van der Waals surface area contributed by atoms with Crippen LogP contribution < -0.4 is 10.1 Å². The van der Waals surface area contributed by atoms with Gasteiger partial charge in [-0.2, -0.15) is 0 Å². The van der Waals surface area contributed by atoms with E-state index in [1.165, 1.54) is 35.2 Å². The molecule has 0 aromatic heterocycles. The van der Waals surface area contributed by atoms with Crippen LogP contribution in [0.15, 0.2) is 36.4 Å². The molecule has 0 bridgehead atoms. The number of morpholine rings is 1. The number of nitro groups is 1. The lowest BCUT2D eigenvalue weighted by atomic mass is 10.1. The second kappa shape index (κ2) is 9.08. The molecule has 1 aliphatic heterocycles. The molecule has 0 aliphatic carbocycles. The number of carbonyl (C=O) groups excluding carboxylic acids is 2. The van der Waals surface area contributed by atoms with Crippen molar-refractivity contribution in [1.29, 1.82) is 0 Å². The fourth-order valence-corrected chi connectivity index (χ4v) is 2.98. The van der Waals surface area contributed by atoms with Crippen molar-refractivity contribution in [2.75, 3.05) is 31.6 Å². The van der Waals surface area contributed by atoms with E-state index >= 15 is 0 Å². The van der Waals surface area contributed by atoms with Gasteiger partial charge < -0.3 is 19.7 Å². The van der Waals surface area contributed by atoms with Gasteiger partial charge in [0.2, 0.25) is 0 Å². The molecule has 9 nitrogen and oxygen atoms in total. The number of carbonyl (C=O) groups is 2. The number of nitrogens with one attached hydrogen (secondary N) is 1. The summed E-state index contributed by atoms with van der Waals surface area (Å²) in [6.45, 7) is 1.57. The highest BCUT2D eigenvalue weighted by molar-refractivity contribution is 6.34. The number of rotatable bonds is 4. The van der Waals surface area contributed by atoms with Crippen LogP contribution in [0.3, 0.4) is 0 Å². The molecule has 0 saturated carbocycles. The number of nitro benzene ring substituents is 1. The minimum atomic E-state index is -0.645. The van der Waals surface area contributed by atoms with E-state index in [2.05, 4.69) is 5.32 Å².